The van der Waals surface area contributed by atoms with Gasteiger partial charge in [0.2, 0.25) is 4.33 Å². The number of halogens is 5. The Labute approximate surface area is 213 Å². The van der Waals surface area contributed by atoms with Crippen molar-refractivity contribution in [3.05, 3.63) is 70.4 Å². The van der Waals surface area contributed by atoms with Crippen LogP contribution in [0.4, 0.5) is 29.3 Å². The van der Waals surface area contributed by atoms with Crippen LogP contribution in [0, 0.1) is 0 Å². The summed E-state index contributed by atoms with van der Waals surface area (Å²) >= 11 is 14.3. The zero-order chi connectivity index (χ0) is 25.2. The van der Waals surface area contributed by atoms with Crippen LogP contribution in [-0.2, 0) is 15.3 Å². The molecule has 3 amide bonds. The molecule has 1 saturated heterocycles. The lowest BCUT2D eigenvalue weighted by atomic mass is 10.0. The average molecular weight is 543 g/mol. The van der Waals surface area contributed by atoms with Gasteiger partial charge in [-0.3, -0.25) is 10.2 Å². The number of alkyl halides is 5. The summed E-state index contributed by atoms with van der Waals surface area (Å²) < 4.78 is 37.1. The fourth-order valence-corrected chi connectivity index (χ4v) is 4.32. The molecule has 1 fully saturated rings. The highest BCUT2D eigenvalue weighted by atomic mass is 35.5. The summed E-state index contributed by atoms with van der Waals surface area (Å²) in [5.41, 5.74) is 3.61. The smallest absolute Gasteiger partial charge is 0.308 e. The minimum atomic E-state index is -4.55. The third-order valence-corrected chi connectivity index (χ3v) is 6.77. The van der Waals surface area contributed by atoms with Crippen LogP contribution in [0.1, 0.15) is 17.5 Å². The maximum atomic E-state index is 13.0. The van der Waals surface area contributed by atoms with Crippen LogP contribution in [0.25, 0.3) is 11.1 Å². The minimum absolute atomic E-state index is 0.0384. The lowest BCUT2D eigenvalue weighted by Gasteiger charge is -2.33. The van der Waals surface area contributed by atoms with Crippen molar-refractivity contribution >= 4 is 57.9 Å². The van der Waals surface area contributed by atoms with Crippen molar-refractivity contribution in [1.82, 2.24) is 10.4 Å². The predicted molar refractivity (Wildman–Crippen MR) is 132 cm³/mol. The second-order valence-electron chi connectivity index (χ2n) is 7.79. The van der Waals surface area contributed by atoms with E-state index in [1.165, 1.54) is 29.5 Å². The number of carbonyl (C=O) groups excluding carboxylic acids is 2. The lowest BCUT2D eigenvalue weighted by molar-refractivity contribution is -0.137. The van der Waals surface area contributed by atoms with E-state index in [2.05, 4.69) is 16.1 Å². The molecule has 0 radical (unpaired) electrons. The van der Waals surface area contributed by atoms with Crippen LogP contribution in [0.2, 0.25) is 0 Å². The number of benzene rings is 2. The van der Waals surface area contributed by atoms with Crippen LogP contribution in [-0.4, -0.2) is 30.0 Å². The van der Waals surface area contributed by atoms with Gasteiger partial charge in [0.1, 0.15) is 0 Å². The molecular formula is C23H19Cl2F3N4O2S. The van der Waals surface area contributed by atoms with E-state index in [0.29, 0.717) is 18.7 Å². The van der Waals surface area contributed by atoms with Gasteiger partial charge in [-0.05, 0) is 58.6 Å². The molecular weight excluding hydrogens is 524 g/mol. The van der Waals surface area contributed by atoms with Gasteiger partial charge < -0.3 is 10.6 Å². The lowest BCUT2D eigenvalue weighted by Crippen LogP contribution is -2.53. The van der Waals surface area contributed by atoms with Gasteiger partial charge in [-0.25, -0.2) is 9.80 Å². The third kappa shape index (κ3) is 5.90. The van der Waals surface area contributed by atoms with Crippen LogP contribution >= 0.6 is 34.5 Å². The Hall–Kier alpha value is -2.79. The molecule has 0 aliphatic carbocycles. The number of amides is 3. The Bertz CT molecular complexity index is 1230. The van der Waals surface area contributed by atoms with Gasteiger partial charge in [0.15, 0.2) is 0 Å². The van der Waals surface area contributed by atoms with E-state index in [4.69, 9.17) is 23.2 Å². The van der Waals surface area contributed by atoms with E-state index in [1.54, 1.807) is 17.1 Å². The van der Waals surface area contributed by atoms with Crippen molar-refractivity contribution in [2.24, 2.45) is 0 Å². The Kier molecular flexibility index (Phi) is 7.27. The Morgan fingerprint density at radius 3 is 2.37 bits per heavy atom. The Morgan fingerprint density at radius 1 is 0.971 bits per heavy atom. The largest absolute Gasteiger partial charge is 0.416 e. The first-order chi connectivity index (χ1) is 16.5. The van der Waals surface area contributed by atoms with Crippen LogP contribution in [0.3, 0.4) is 0 Å². The standard InChI is InChI=1S/C23H19Cl2F3N4O2S/c24-22(25,20(33)31-32-8-2-9-32)15-5-6-18(14-7-10-35-13-14)19(12-15)30-21(34)29-17-4-1-3-16(11-17)23(26,27)28/h1,3-7,10-13H,2,8-9H2,(H,31,33)(H2,29,30,34). The molecule has 0 atom stereocenters. The molecule has 184 valence electrons. The SMILES string of the molecule is O=C(Nc1cccc(C(F)(F)F)c1)Nc1cc(C(Cl)(Cl)C(=O)NN2CCC2)ccc1-c1ccsc1. The number of hydrazine groups is 1. The van der Waals surface area contributed by atoms with E-state index in [1.807, 2.05) is 16.8 Å². The van der Waals surface area contributed by atoms with Crippen LogP contribution in [0.15, 0.2) is 59.3 Å². The molecule has 1 aliphatic heterocycles. The minimum Gasteiger partial charge on any atom is -0.308 e. The topological polar surface area (TPSA) is 73.5 Å². The van der Waals surface area contributed by atoms with Gasteiger partial charge in [0.05, 0.1) is 11.3 Å². The van der Waals surface area contributed by atoms with Crippen molar-refractivity contribution in [2.45, 2.75) is 16.9 Å². The van der Waals surface area contributed by atoms with E-state index in [0.717, 1.165) is 24.1 Å². The Balaban J connectivity index is 1.59. The zero-order valence-corrected chi connectivity index (χ0v) is 20.3. The van der Waals surface area contributed by atoms with Crippen molar-refractivity contribution in [3.8, 4) is 11.1 Å². The van der Waals surface area contributed by atoms with E-state index in [9.17, 15) is 22.8 Å². The highest BCUT2D eigenvalue weighted by molar-refractivity contribution is 7.08. The number of nitrogens with zero attached hydrogens (tertiary/aromatic N) is 1. The van der Waals surface area contributed by atoms with Crippen molar-refractivity contribution in [2.75, 3.05) is 23.7 Å². The van der Waals surface area contributed by atoms with E-state index in [-0.39, 0.29) is 16.9 Å². The highest BCUT2D eigenvalue weighted by Crippen LogP contribution is 2.39. The average Bonchev–Trinajstić information content (AvgIpc) is 3.30. The molecule has 3 aromatic rings. The molecule has 1 aliphatic rings. The Morgan fingerprint density at radius 2 is 1.74 bits per heavy atom. The summed E-state index contributed by atoms with van der Waals surface area (Å²) in [6.07, 6.45) is -3.60. The first-order valence-electron chi connectivity index (χ1n) is 10.4. The molecule has 3 N–H and O–H groups in total. The molecule has 2 heterocycles. The molecule has 0 saturated carbocycles. The number of thiophene rings is 1. The second-order valence-corrected chi connectivity index (χ2v) is 9.89. The second kappa shape index (κ2) is 10.1. The number of hydrogen-bond acceptors (Lipinski definition) is 4. The first kappa shape index (κ1) is 25.3. The molecule has 0 spiro atoms. The maximum absolute atomic E-state index is 13.0. The number of anilines is 2. The number of urea groups is 1. The highest BCUT2D eigenvalue weighted by Gasteiger charge is 2.38. The molecule has 0 bridgehead atoms. The molecule has 35 heavy (non-hydrogen) atoms. The van der Waals surface area contributed by atoms with E-state index >= 15 is 0 Å². The summed E-state index contributed by atoms with van der Waals surface area (Å²) in [7, 11) is 0. The molecule has 4 rings (SSSR count). The van der Waals surface area contributed by atoms with E-state index < -0.39 is 28.0 Å². The number of carbonyl (C=O) groups is 2. The van der Waals surface area contributed by atoms with Gasteiger partial charge in [-0.1, -0.05) is 41.4 Å². The normalized spacial score (nSPS) is 14.2. The number of rotatable bonds is 6. The fraction of sp³-hybridized carbons (Fsp3) is 0.217. The number of nitrogens with one attached hydrogen (secondary N) is 3. The summed E-state index contributed by atoms with van der Waals surface area (Å²) in [4.78, 5) is 25.4. The quantitative estimate of drug-likeness (QED) is 0.313. The van der Waals surface area contributed by atoms with Crippen molar-refractivity contribution in [1.29, 1.82) is 0 Å². The monoisotopic (exact) mass is 542 g/mol. The van der Waals surface area contributed by atoms with Crippen LogP contribution in [0.5, 0.6) is 0 Å². The molecule has 0 unspecified atom stereocenters. The summed E-state index contributed by atoms with van der Waals surface area (Å²) in [6, 6.07) is 10.0. The van der Waals surface area contributed by atoms with Gasteiger partial charge in [0.25, 0.3) is 5.91 Å². The zero-order valence-electron chi connectivity index (χ0n) is 18.0. The van der Waals surface area contributed by atoms with Gasteiger partial charge in [-0.2, -0.15) is 24.5 Å². The van der Waals surface area contributed by atoms with Crippen molar-refractivity contribution < 1.29 is 22.8 Å². The van der Waals surface area contributed by atoms with Crippen molar-refractivity contribution in [3.63, 3.8) is 0 Å². The van der Waals surface area contributed by atoms with Gasteiger partial charge >= 0.3 is 12.2 Å². The summed E-state index contributed by atoms with van der Waals surface area (Å²) in [6.45, 7) is 1.38. The molecule has 6 nitrogen and oxygen atoms in total. The predicted octanol–water partition coefficient (Wildman–Crippen LogP) is 6.45. The number of hydrogen-bond donors (Lipinski definition) is 3. The van der Waals surface area contributed by atoms with Gasteiger partial charge in [-0.15, -0.1) is 0 Å². The summed E-state index contributed by atoms with van der Waals surface area (Å²) in [5.74, 6) is -0.636. The molecule has 12 heteroatoms. The molecule has 1 aromatic heterocycles. The fourth-order valence-electron chi connectivity index (χ4n) is 3.34. The summed E-state index contributed by atoms with van der Waals surface area (Å²) in [5, 5.41) is 10.4. The maximum Gasteiger partial charge on any atom is 0.416 e. The van der Waals surface area contributed by atoms with Crippen LogP contribution < -0.4 is 16.1 Å². The molecule has 2 aromatic carbocycles. The third-order valence-electron chi connectivity index (χ3n) is 5.31. The first-order valence-corrected chi connectivity index (χ1v) is 12.1. The van der Waals surface area contributed by atoms with Gasteiger partial charge in [0, 0.05) is 24.3 Å².